The first kappa shape index (κ1) is 18.5. The van der Waals surface area contributed by atoms with Gasteiger partial charge in [-0.2, -0.15) is 0 Å². The van der Waals surface area contributed by atoms with Crippen LogP contribution in [-0.4, -0.2) is 42.5 Å². The van der Waals surface area contributed by atoms with Crippen LogP contribution < -0.4 is 5.32 Å². The monoisotopic (exact) mass is 359 g/mol. The number of hydrogen-bond acceptors (Lipinski definition) is 3. The fourth-order valence-corrected chi connectivity index (χ4v) is 3.43. The van der Waals surface area contributed by atoms with Gasteiger partial charge in [0, 0.05) is 19.2 Å². The molecule has 140 valence electrons. The van der Waals surface area contributed by atoms with Crippen LogP contribution in [0.2, 0.25) is 0 Å². The molecule has 2 aromatic rings. The molecule has 26 heavy (non-hydrogen) atoms. The van der Waals surface area contributed by atoms with Gasteiger partial charge in [-0.15, -0.1) is 0 Å². The second-order valence-electron chi connectivity index (χ2n) is 6.83. The minimum Gasteiger partial charge on any atom is -0.464 e. The van der Waals surface area contributed by atoms with Crippen molar-refractivity contribution in [3.8, 4) is 0 Å². The van der Waals surface area contributed by atoms with E-state index in [0.29, 0.717) is 18.7 Å². The first-order valence-corrected chi connectivity index (χ1v) is 9.07. The lowest BCUT2D eigenvalue weighted by atomic mass is 10.0. The molecule has 1 aromatic carbocycles. The molecule has 2 amide bonds. The van der Waals surface area contributed by atoms with E-state index in [-0.39, 0.29) is 17.9 Å². The third-order valence-corrected chi connectivity index (χ3v) is 4.83. The summed E-state index contributed by atoms with van der Waals surface area (Å²) in [6.45, 7) is 4.50. The molecule has 0 bridgehead atoms. The number of urea groups is 1. The van der Waals surface area contributed by atoms with E-state index in [0.717, 1.165) is 37.5 Å². The molecule has 3 rings (SSSR count). The van der Waals surface area contributed by atoms with Crippen molar-refractivity contribution >= 4 is 6.03 Å². The molecular weight excluding hydrogens is 333 g/mol. The third-order valence-electron chi connectivity index (χ3n) is 4.83. The summed E-state index contributed by atoms with van der Waals surface area (Å²) in [7, 11) is 1.72. The zero-order valence-electron chi connectivity index (χ0n) is 15.4. The molecule has 5 nitrogen and oxygen atoms in total. The number of likely N-dealkylation sites (tertiary alicyclic amines) is 1. The fraction of sp³-hybridized carbons (Fsp3) is 0.450. The highest BCUT2D eigenvalue weighted by atomic mass is 19.1. The van der Waals surface area contributed by atoms with Gasteiger partial charge in [0.2, 0.25) is 0 Å². The molecule has 0 saturated carbocycles. The van der Waals surface area contributed by atoms with E-state index in [1.165, 1.54) is 6.07 Å². The summed E-state index contributed by atoms with van der Waals surface area (Å²) in [5, 5.41) is 2.95. The van der Waals surface area contributed by atoms with Crippen LogP contribution in [-0.2, 0) is 6.54 Å². The number of aryl methyl sites for hydroxylation is 1. The van der Waals surface area contributed by atoms with Crippen LogP contribution in [0.1, 0.15) is 36.0 Å². The molecule has 1 saturated heterocycles. The van der Waals surface area contributed by atoms with Gasteiger partial charge in [0.25, 0.3) is 0 Å². The maximum atomic E-state index is 14.3. The number of hydrogen-bond donors (Lipinski definition) is 1. The summed E-state index contributed by atoms with van der Waals surface area (Å²) in [5.74, 6) is 1.34. The number of benzene rings is 1. The van der Waals surface area contributed by atoms with Crippen LogP contribution in [0, 0.1) is 12.7 Å². The van der Waals surface area contributed by atoms with Gasteiger partial charge in [0.1, 0.15) is 17.3 Å². The zero-order chi connectivity index (χ0) is 18.5. The number of carbonyl (C=O) groups excluding carboxylic acids is 1. The van der Waals surface area contributed by atoms with Crippen molar-refractivity contribution in [1.82, 2.24) is 15.1 Å². The van der Waals surface area contributed by atoms with E-state index in [4.69, 9.17) is 4.42 Å². The van der Waals surface area contributed by atoms with Crippen LogP contribution in [0.5, 0.6) is 0 Å². The molecule has 0 unspecified atom stereocenters. The van der Waals surface area contributed by atoms with Gasteiger partial charge in [-0.05, 0) is 51.1 Å². The Morgan fingerprint density at radius 1 is 1.27 bits per heavy atom. The van der Waals surface area contributed by atoms with Crippen molar-refractivity contribution in [1.29, 1.82) is 0 Å². The van der Waals surface area contributed by atoms with E-state index in [1.54, 1.807) is 24.1 Å². The van der Waals surface area contributed by atoms with Gasteiger partial charge >= 0.3 is 6.03 Å². The normalized spacial score (nSPS) is 15.8. The molecular formula is C20H26FN3O2. The molecule has 1 atom stereocenters. The second-order valence-corrected chi connectivity index (χ2v) is 6.83. The predicted octanol–water partition coefficient (Wildman–Crippen LogP) is 3.71. The van der Waals surface area contributed by atoms with Crippen LogP contribution >= 0.6 is 0 Å². The second kappa shape index (κ2) is 8.36. The Morgan fingerprint density at radius 3 is 2.65 bits per heavy atom. The first-order chi connectivity index (χ1) is 12.5. The third kappa shape index (κ3) is 4.43. The molecule has 0 spiro atoms. The van der Waals surface area contributed by atoms with Crippen molar-refractivity contribution in [2.75, 3.05) is 26.7 Å². The summed E-state index contributed by atoms with van der Waals surface area (Å²) in [4.78, 5) is 16.3. The smallest absolute Gasteiger partial charge is 0.317 e. The topological polar surface area (TPSA) is 48.7 Å². The van der Waals surface area contributed by atoms with Gasteiger partial charge in [-0.3, -0.25) is 4.90 Å². The minimum absolute atomic E-state index is 0.151. The highest BCUT2D eigenvalue weighted by molar-refractivity contribution is 5.73. The van der Waals surface area contributed by atoms with Gasteiger partial charge < -0.3 is 14.6 Å². The summed E-state index contributed by atoms with van der Waals surface area (Å²) >= 11 is 0. The van der Waals surface area contributed by atoms with Crippen LogP contribution in [0.3, 0.4) is 0 Å². The van der Waals surface area contributed by atoms with Gasteiger partial charge in [-0.25, -0.2) is 9.18 Å². The maximum Gasteiger partial charge on any atom is 0.317 e. The zero-order valence-corrected chi connectivity index (χ0v) is 15.4. The first-order valence-electron chi connectivity index (χ1n) is 9.07. The SMILES string of the molecule is Cc1ccc(CN(C)C(=O)NC[C@@H](c2ccccc2F)N2CCCC2)o1. The van der Waals surface area contributed by atoms with Crippen molar-refractivity contribution in [2.24, 2.45) is 0 Å². The molecule has 1 aliphatic heterocycles. The lowest BCUT2D eigenvalue weighted by molar-refractivity contribution is 0.191. The number of carbonyl (C=O) groups is 1. The number of nitrogens with one attached hydrogen (secondary N) is 1. The average Bonchev–Trinajstić information content (AvgIpc) is 3.28. The van der Waals surface area contributed by atoms with Crippen LogP contribution in [0.25, 0.3) is 0 Å². The van der Waals surface area contributed by atoms with E-state index in [1.807, 2.05) is 25.1 Å². The molecule has 6 heteroatoms. The maximum absolute atomic E-state index is 14.3. The molecule has 1 N–H and O–H groups in total. The number of halogens is 1. The summed E-state index contributed by atoms with van der Waals surface area (Å²) in [5.41, 5.74) is 0.638. The number of nitrogens with zero attached hydrogens (tertiary/aromatic N) is 2. The van der Waals surface area contributed by atoms with Crippen LogP contribution in [0.4, 0.5) is 9.18 Å². The van der Waals surface area contributed by atoms with Crippen molar-refractivity contribution in [3.05, 3.63) is 59.3 Å². The lowest BCUT2D eigenvalue weighted by Gasteiger charge is -2.29. The molecule has 1 fully saturated rings. The summed E-state index contributed by atoms with van der Waals surface area (Å²) in [6.07, 6.45) is 2.22. The quantitative estimate of drug-likeness (QED) is 0.855. The highest BCUT2D eigenvalue weighted by Crippen LogP contribution is 2.26. The lowest BCUT2D eigenvalue weighted by Crippen LogP contribution is -2.42. The average molecular weight is 359 g/mol. The summed E-state index contributed by atoms with van der Waals surface area (Å²) < 4.78 is 19.8. The van der Waals surface area contributed by atoms with Gasteiger partial charge in [0.05, 0.1) is 12.6 Å². The Bertz CT molecular complexity index is 740. The highest BCUT2D eigenvalue weighted by Gasteiger charge is 2.26. The number of rotatable bonds is 6. The molecule has 1 aromatic heterocycles. The van der Waals surface area contributed by atoms with E-state index in [2.05, 4.69) is 10.2 Å². The number of amides is 2. The van der Waals surface area contributed by atoms with Crippen molar-refractivity contribution in [2.45, 2.75) is 32.4 Å². The van der Waals surface area contributed by atoms with Crippen molar-refractivity contribution in [3.63, 3.8) is 0 Å². The largest absolute Gasteiger partial charge is 0.464 e. The van der Waals surface area contributed by atoms with Gasteiger partial charge in [-0.1, -0.05) is 18.2 Å². The summed E-state index contributed by atoms with van der Waals surface area (Å²) in [6, 6.07) is 10.2. The Labute approximate surface area is 153 Å². The predicted molar refractivity (Wildman–Crippen MR) is 98.3 cm³/mol. The standard InChI is InChI=1S/C20H26FN3O2/c1-15-9-10-16(26-15)14-23(2)20(25)22-13-19(24-11-5-6-12-24)17-7-3-4-8-18(17)21/h3-4,7-10,19H,5-6,11-14H2,1-2H3,(H,22,25)/t19-/m0/s1. The number of furan rings is 1. The fourth-order valence-electron chi connectivity index (χ4n) is 3.43. The minimum atomic E-state index is -0.224. The van der Waals surface area contributed by atoms with Crippen LogP contribution in [0.15, 0.2) is 40.8 Å². The Kier molecular flexibility index (Phi) is 5.93. The van der Waals surface area contributed by atoms with E-state index in [9.17, 15) is 9.18 Å². The Morgan fingerprint density at radius 2 is 2.00 bits per heavy atom. The molecule has 2 heterocycles. The Balaban J connectivity index is 1.63. The van der Waals surface area contributed by atoms with Gasteiger partial charge in [0.15, 0.2) is 0 Å². The molecule has 0 aliphatic carbocycles. The Hall–Kier alpha value is -2.34. The molecule has 0 radical (unpaired) electrons. The van der Waals surface area contributed by atoms with Crippen molar-refractivity contribution < 1.29 is 13.6 Å². The molecule has 1 aliphatic rings. The van der Waals surface area contributed by atoms with E-state index >= 15 is 0 Å². The van der Waals surface area contributed by atoms with E-state index < -0.39 is 0 Å².